The van der Waals surface area contributed by atoms with Gasteiger partial charge in [-0.25, -0.2) is 0 Å². The largest absolute Gasteiger partial charge is 0.412 e. The van der Waals surface area contributed by atoms with Crippen molar-refractivity contribution in [3.63, 3.8) is 0 Å². The first-order valence-corrected chi connectivity index (χ1v) is 8.85. The predicted octanol–water partition coefficient (Wildman–Crippen LogP) is 1.76. The molecular weight excluding hydrogens is 277 g/mol. The summed E-state index contributed by atoms with van der Waals surface area (Å²) in [5, 5.41) is 3.70. The van der Waals surface area contributed by atoms with E-state index in [1.54, 1.807) is 0 Å². The van der Waals surface area contributed by atoms with E-state index in [0.717, 1.165) is 0 Å². The molecule has 0 aromatic heterocycles. The van der Waals surface area contributed by atoms with Crippen LogP contribution in [0, 0.1) is 0 Å². The van der Waals surface area contributed by atoms with Crippen LogP contribution >= 0.6 is 7.41 Å². The fraction of sp³-hybridized carbons (Fsp3) is 0. The van der Waals surface area contributed by atoms with Crippen molar-refractivity contribution in [1.82, 2.24) is 0 Å². The number of rotatable bonds is 3. The Balaban J connectivity index is 0.00000161. The Hall–Kier alpha value is -1.99. The Kier molecular flexibility index (Phi) is 4.87. The molecule has 3 aromatic carbocycles. The number of hydrogen-bond donors (Lipinski definition) is 1. The molecule has 21 heavy (non-hydrogen) atoms. The first kappa shape index (κ1) is 15.4. The van der Waals surface area contributed by atoms with Gasteiger partial charge in [-0.15, -0.1) is 0 Å². The van der Waals surface area contributed by atoms with E-state index in [2.05, 4.69) is 72.8 Å². The van der Waals surface area contributed by atoms with Crippen LogP contribution in [0.1, 0.15) is 0 Å². The number of nitrogens with two attached hydrogens (primary N) is 1. The van der Waals surface area contributed by atoms with E-state index in [9.17, 15) is 0 Å². The molecule has 0 fully saturated rings. The number of benzene rings is 3. The van der Waals surface area contributed by atoms with E-state index >= 15 is 0 Å². The summed E-state index contributed by atoms with van der Waals surface area (Å²) >= 11 is 0. The monoisotopic (exact) mass is 297 g/mol. The average Bonchev–Trinajstić information content (AvgIpc) is 2.56. The van der Waals surface area contributed by atoms with E-state index in [-0.39, 0.29) is 5.48 Å². The summed E-state index contributed by atoms with van der Waals surface area (Å²) in [6.07, 6.45) is 0. The quantitative estimate of drug-likeness (QED) is 0.736. The van der Waals surface area contributed by atoms with Gasteiger partial charge >= 0.3 is 120 Å². The molecule has 0 aliphatic rings. The molecule has 0 spiro atoms. The fourth-order valence-corrected chi connectivity index (χ4v) is 5.76. The van der Waals surface area contributed by atoms with Gasteiger partial charge in [0.05, 0.1) is 0 Å². The molecule has 0 saturated heterocycles. The third kappa shape index (κ3) is 2.88. The van der Waals surface area contributed by atoms with Gasteiger partial charge in [-0.2, -0.15) is 0 Å². The van der Waals surface area contributed by atoms with E-state index < -0.39 is 7.41 Å². The van der Waals surface area contributed by atoms with Crippen molar-refractivity contribution >= 4 is 23.3 Å². The summed E-state index contributed by atoms with van der Waals surface area (Å²) in [4.78, 5) is 0. The maximum atomic E-state index is 7.00. The Morgan fingerprint density at radius 3 is 0.952 bits per heavy atom. The van der Waals surface area contributed by atoms with E-state index in [1.807, 2.05) is 18.2 Å². The molecule has 108 valence electrons. The molecule has 0 radical (unpaired) electrons. The van der Waals surface area contributed by atoms with Crippen molar-refractivity contribution in [3.05, 3.63) is 91.0 Å². The van der Waals surface area contributed by atoms with Crippen LogP contribution in [0.5, 0.6) is 0 Å². The first-order chi connectivity index (χ1) is 9.82. The summed E-state index contributed by atoms with van der Waals surface area (Å²) < 4.78 is 0. The summed E-state index contributed by atoms with van der Waals surface area (Å²) in [5.74, 6) is 0. The van der Waals surface area contributed by atoms with Crippen LogP contribution in [0.25, 0.3) is 0 Å². The van der Waals surface area contributed by atoms with E-state index in [0.29, 0.717) is 0 Å². The minimum atomic E-state index is -2.38. The van der Waals surface area contributed by atoms with Crippen molar-refractivity contribution in [3.8, 4) is 0 Å². The van der Waals surface area contributed by atoms with E-state index in [1.165, 1.54) is 15.9 Å². The van der Waals surface area contributed by atoms with Gasteiger partial charge < -0.3 is 5.48 Å². The van der Waals surface area contributed by atoms with Crippen LogP contribution in [0.2, 0.25) is 0 Å². The third-order valence-electron chi connectivity index (χ3n) is 3.69. The van der Waals surface area contributed by atoms with Crippen LogP contribution in [0.4, 0.5) is 0 Å². The SMILES string of the molecule is N[PH](c1ccccc1)(c1ccccc1)c1ccccc1.O. The molecule has 0 amide bonds. The van der Waals surface area contributed by atoms with Crippen LogP contribution in [0.3, 0.4) is 0 Å². The van der Waals surface area contributed by atoms with Gasteiger partial charge in [0.1, 0.15) is 0 Å². The zero-order valence-electron chi connectivity index (χ0n) is 11.7. The van der Waals surface area contributed by atoms with Crippen molar-refractivity contribution in [2.24, 2.45) is 5.50 Å². The van der Waals surface area contributed by atoms with Gasteiger partial charge in [-0.1, -0.05) is 0 Å². The van der Waals surface area contributed by atoms with Gasteiger partial charge in [0.2, 0.25) is 0 Å². The number of hydrogen-bond acceptors (Lipinski definition) is 1. The molecule has 0 atom stereocenters. The Morgan fingerprint density at radius 1 is 0.476 bits per heavy atom. The summed E-state index contributed by atoms with van der Waals surface area (Å²) in [7, 11) is -2.38. The zero-order valence-corrected chi connectivity index (χ0v) is 12.7. The molecule has 3 heteroatoms. The van der Waals surface area contributed by atoms with E-state index in [4.69, 9.17) is 5.50 Å². The molecule has 2 nitrogen and oxygen atoms in total. The van der Waals surface area contributed by atoms with Crippen LogP contribution in [-0.4, -0.2) is 5.48 Å². The van der Waals surface area contributed by atoms with Crippen LogP contribution in [-0.2, 0) is 0 Å². The molecule has 4 N–H and O–H groups in total. The maximum absolute atomic E-state index is 7.00. The third-order valence-corrected chi connectivity index (χ3v) is 7.42. The Morgan fingerprint density at radius 2 is 0.714 bits per heavy atom. The Bertz CT molecular complexity index is 575. The minimum Gasteiger partial charge on any atom is -0.412 e. The normalized spacial score (nSPS) is 11.5. The zero-order chi connectivity index (χ0) is 13.8. The molecular formula is C18H20NOP. The Labute approximate surface area is 126 Å². The van der Waals surface area contributed by atoms with Gasteiger partial charge in [-0.3, -0.25) is 0 Å². The molecule has 0 aliphatic heterocycles. The molecule has 0 unspecified atom stereocenters. The second kappa shape index (κ2) is 6.64. The molecule has 3 aromatic rings. The molecule has 0 heterocycles. The molecule has 0 aliphatic carbocycles. The van der Waals surface area contributed by atoms with Gasteiger partial charge in [0.15, 0.2) is 0 Å². The average molecular weight is 297 g/mol. The predicted molar refractivity (Wildman–Crippen MR) is 94.3 cm³/mol. The van der Waals surface area contributed by atoms with Crippen molar-refractivity contribution in [2.45, 2.75) is 0 Å². The smallest absolute Gasteiger partial charge is 0.412 e. The topological polar surface area (TPSA) is 57.5 Å². The molecule has 0 bridgehead atoms. The minimum absolute atomic E-state index is 0. The fourth-order valence-electron chi connectivity index (χ4n) is 2.60. The van der Waals surface area contributed by atoms with Gasteiger partial charge in [0, 0.05) is 0 Å². The van der Waals surface area contributed by atoms with Crippen molar-refractivity contribution in [1.29, 1.82) is 0 Å². The van der Waals surface area contributed by atoms with Gasteiger partial charge in [0.25, 0.3) is 0 Å². The molecule has 3 rings (SSSR count). The summed E-state index contributed by atoms with van der Waals surface area (Å²) in [6.45, 7) is 0. The maximum Gasteiger partial charge on any atom is -0.412 e. The summed E-state index contributed by atoms with van der Waals surface area (Å²) in [6, 6.07) is 31.4. The second-order valence-corrected chi connectivity index (χ2v) is 8.25. The first-order valence-electron chi connectivity index (χ1n) is 6.77. The second-order valence-electron chi connectivity index (χ2n) is 4.91. The van der Waals surface area contributed by atoms with Crippen molar-refractivity contribution in [2.75, 3.05) is 0 Å². The van der Waals surface area contributed by atoms with Crippen LogP contribution in [0.15, 0.2) is 91.0 Å². The molecule has 0 saturated carbocycles. The van der Waals surface area contributed by atoms with Gasteiger partial charge in [-0.05, 0) is 0 Å². The van der Waals surface area contributed by atoms with Crippen molar-refractivity contribution < 1.29 is 5.48 Å². The standard InChI is InChI=1S/C18H18NP.H2O/c19-20(16-10-4-1-5-11-16,17-12-6-2-7-13-17)18-14-8-3-9-15-18;/h1-15,20H,19H2;1H2. The summed E-state index contributed by atoms with van der Waals surface area (Å²) in [5.41, 5.74) is 7.00. The van der Waals surface area contributed by atoms with Crippen LogP contribution < -0.4 is 21.4 Å².